The number of benzene rings is 2. The molecule has 0 atom stereocenters. The zero-order chi connectivity index (χ0) is 21.0. The van der Waals surface area contributed by atoms with Crippen LogP contribution in [0.2, 0.25) is 0 Å². The predicted octanol–water partition coefficient (Wildman–Crippen LogP) is 5.27. The molecule has 0 aliphatic carbocycles. The standard InChI is InChI=1S/C23H25NO3S2/c1-23(2,3)17-8-10-18(11-9-17)26-12-13-27-19-7-5-6-16(14-19)15-20-21(25)24(4)22(28)29-20/h5-11,14-15H,12-13H2,1-4H3/b20-15+. The number of ether oxygens (including phenoxy) is 2. The lowest BCUT2D eigenvalue weighted by molar-refractivity contribution is -0.121. The molecular formula is C23H25NO3S2. The van der Waals surface area contributed by atoms with Crippen LogP contribution in [0.3, 0.4) is 0 Å². The van der Waals surface area contributed by atoms with Gasteiger partial charge in [-0.05, 0) is 46.9 Å². The SMILES string of the molecule is CN1C(=O)/C(=C\c2cccc(OCCOc3ccc(C(C)(C)C)cc3)c2)SC1=S. The van der Waals surface area contributed by atoms with Crippen molar-refractivity contribution in [2.24, 2.45) is 0 Å². The van der Waals surface area contributed by atoms with Crippen LogP contribution in [-0.4, -0.2) is 35.4 Å². The number of amides is 1. The van der Waals surface area contributed by atoms with E-state index in [0.29, 0.717) is 22.4 Å². The van der Waals surface area contributed by atoms with Crippen molar-refractivity contribution in [2.45, 2.75) is 26.2 Å². The molecule has 0 aromatic heterocycles. The summed E-state index contributed by atoms with van der Waals surface area (Å²) in [6.07, 6.45) is 1.84. The highest BCUT2D eigenvalue weighted by atomic mass is 32.2. The van der Waals surface area contributed by atoms with Gasteiger partial charge in [-0.1, -0.05) is 69.0 Å². The Morgan fingerprint density at radius 1 is 1.03 bits per heavy atom. The average Bonchev–Trinajstić information content (AvgIpc) is 2.92. The van der Waals surface area contributed by atoms with Crippen molar-refractivity contribution in [3.05, 3.63) is 64.6 Å². The van der Waals surface area contributed by atoms with Crippen LogP contribution in [0.25, 0.3) is 6.08 Å². The normalized spacial score (nSPS) is 15.9. The van der Waals surface area contributed by atoms with E-state index in [1.807, 2.05) is 42.5 Å². The summed E-state index contributed by atoms with van der Waals surface area (Å²) in [5, 5.41) is 0. The molecular weight excluding hydrogens is 402 g/mol. The van der Waals surface area contributed by atoms with Gasteiger partial charge in [0.15, 0.2) is 0 Å². The summed E-state index contributed by atoms with van der Waals surface area (Å²) >= 11 is 6.47. The van der Waals surface area contributed by atoms with Gasteiger partial charge in [0.2, 0.25) is 0 Å². The molecule has 0 radical (unpaired) electrons. The third-order valence-corrected chi connectivity index (χ3v) is 5.97. The molecule has 4 nitrogen and oxygen atoms in total. The Morgan fingerprint density at radius 2 is 1.69 bits per heavy atom. The summed E-state index contributed by atoms with van der Waals surface area (Å²) in [4.78, 5) is 14.2. The molecule has 0 spiro atoms. The van der Waals surface area contributed by atoms with E-state index >= 15 is 0 Å². The van der Waals surface area contributed by atoms with Crippen LogP contribution < -0.4 is 9.47 Å². The van der Waals surface area contributed by atoms with Gasteiger partial charge in [-0.3, -0.25) is 9.69 Å². The number of nitrogens with zero attached hydrogens (tertiary/aromatic N) is 1. The maximum atomic E-state index is 12.1. The van der Waals surface area contributed by atoms with E-state index in [4.69, 9.17) is 21.7 Å². The molecule has 1 aliphatic rings. The summed E-state index contributed by atoms with van der Waals surface area (Å²) in [5.41, 5.74) is 2.30. The van der Waals surface area contributed by atoms with Crippen molar-refractivity contribution in [2.75, 3.05) is 20.3 Å². The molecule has 1 saturated heterocycles. The Morgan fingerprint density at radius 3 is 2.28 bits per heavy atom. The fraction of sp³-hybridized carbons (Fsp3) is 0.304. The molecule has 152 valence electrons. The fourth-order valence-electron chi connectivity index (χ4n) is 2.76. The van der Waals surface area contributed by atoms with E-state index in [0.717, 1.165) is 17.1 Å². The zero-order valence-electron chi connectivity index (χ0n) is 17.1. The van der Waals surface area contributed by atoms with Gasteiger partial charge in [-0.2, -0.15) is 0 Å². The van der Waals surface area contributed by atoms with Crippen LogP contribution in [0, 0.1) is 0 Å². The molecule has 1 fully saturated rings. The molecule has 3 rings (SSSR count). The summed E-state index contributed by atoms with van der Waals surface area (Å²) in [5.74, 6) is 1.49. The maximum Gasteiger partial charge on any atom is 0.265 e. The van der Waals surface area contributed by atoms with Crippen LogP contribution in [0.15, 0.2) is 53.4 Å². The van der Waals surface area contributed by atoms with Gasteiger partial charge in [0.25, 0.3) is 5.91 Å². The Hall–Kier alpha value is -2.31. The van der Waals surface area contributed by atoms with Gasteiger partial charge in [-0.25, -0.2) is 0 Å². The van der Waals surface area contributed by atoms with E-state index in [1.54, 1.807) is 7.05 Å². The number of carbonyl (C=O) groups excluding carboxylic acids is 1. The highest BCUT2D eigenvalue weighted by molar-refractivity contribution is 8.26. The van der Waals surface area contributed by atoms with E-state index in [1.165, 1.54) is 22.2 Å². The van der Waals surface area contributed by atoms with E-state index in [2.05, 4.69) is 32.9 Å². The summed E-state index contributed by atoms with van der Waals surface area (Å²) < 4.78 is 12.1. The lowest BCUT2D eigenvalue weighted by Gasteiger charge is -2.19. The lowest BCUT2D eigenvalue weighted by atomic mass is 9.87. The highest BCUT2D eigenvalue weighted by Crippen LogP contribution is 2.31. The van der Waals surface area contributed by atoms with Gasteiger partial charge in [0.05, 0.1) is 4.91 Å². The maximum absolute atomic E-state index is 12.1. The molecule has 29 heavy (non-hydrogen) atoms. The topological polar surface area (TPSA) is 38.8 Å². The van der Waals surface area contributed by atoms with Crippen molar-refractivity contribution >= 4 is 40.3 Å². The molecule has 0 bridgehead atoms. The number of hydrogen-bond acceptors (Lipinski definition) is 5. The smallest absolute Gasteiger partial charge is 0.265 e. The van der Waals surface area contributed by atoms with Gasteiger partial charge in [0, 0.05) is 7.05 Å². The highest BCUT2D eigenvalue weighted by Gasteiger charge is 2.28. The summed E-state index contributed by atoms with van der Waals surface area (Å²) in [6, 6.07) is 15.8. The number of rotatable bonds is 6. The largest absolute Gasteiger partial charge is 0.490 e. The predicted molar refractivity (Wildman–Crippen MR) is 124 cm³/mol. The molecule has 1 aliphatic heterocycles. The van der Waals surface area contributed by atoms with Gasteiger partial charge >= 0.3 is 0 Å². The van der Waals surface area contributed by atoms with Crippen LogP contribution in [-0.2, 0) is 10.2 Å². The van der Waals surface area contributed by atoms with Crippen molar-refractivity contribution < 1.29 is 14.3 Å². The second-order valence-corrected chi connectivity index (χ2v) is 9.46. The van der Waals surface area contributed by atoms with E-state index in [9.17, 15) is 4.79 Å². The lowest BCUT2D eigenvalue weighted by Crippen LogP contribution is -2.22. The molecule has 1 heterocycles. The number of thioether (sulfide) groups is 1. The fourth-order valence-corrected chi connectivity index (χ4v) is 3.94. The Labute approximate surface area is 181 Å². The molecule has 6 heteroatoms. The molecule has 2 aromatic carbocycles. The molecule has 0 N–H and O–H groups in total. The van der Waals surface area contributed by atoms with Crippen LogP contribution in [0.1, 0.15) is 31.9 Å². The Bertz CT molecular complexity index is 930. The first-order valence-corrected chi connectivity index (χ1v) is 10.6. The number of hydrogen-bond donors (Lipinski definition) is 0. The van der Waals surface area contributed by atoms with Gasteiger partial charge < -0.3 is 9.47 Å². The van der Waals surface area contributed by atoms with Gasteiger partial charge in [0.1, 0.15) is 29.0 Å². The molecule has 0 saturated carbocycles. The third kappa shape index (κ3) is 5.61. The monoisotopic (exact) mass is 427 g/mol. The van der Waals surface area contributed by atoms with Crippen molar-refractivity contribution in [1.29, 1.82) is 0 Å². The average molecular weight is 428 g/mol. The van der Waals surface area contributed by atoms with E-state index < -0.39 is 0 Å². The van der Waals surface area contributed by atoms with Crippen LogP contribution in [0.4, 0.5) is 0 Å². The zero-order valence-corrected chi connectivity index (χ0v) is 18.7. The van der Waals surface area contributed by atoms with Crippen molar-refractivity contribution in [3.63, 3.8) is 0 Å². The minimum absolute atomic E-state index is 0.0720. The molecule has 0 unspecified atom stereocenters. The minimum Gasteiger partial charge on any atom is -0.490 e. The second kappa shape index (κ2) is 9.01. The van der Waals surface area contributed by atoms with E-state index in [-0.39, 0.29) is 11.3 Å². The van der Waals surface area contributed by atoms with Crippen molar-refractivity contribution in [3.8, 4) is 11.5 Å². The quantitative estimate of drug-likeness (QED) is 0.357. The number of carbonyl (C=O) groups is 1. The van der Waals surface area contributed by atoms with Crippen LogP contribution in [0.5, 0.6) is 11.5 Å². The minimum atomic E-state index is -0.0720. The molecule has 2 aromatic rings. The first-order chi connectivity index (χ1) is 13.7. The summed E-state index contributed by atoms with van der Waals surface area (Å²) in [6.45, 7) is 7.45. The number of likely N-dealkylation sites (N-methyl/N-ethyl adjacent to an activating group) is 1. The van der Waals surface area contributed by atoms with Crippen LogP contribution >= 0.6 is 24.0 Å². The third-order valence-electron chi connectivity index (χ3n) is 4.48. The van der Waals surface area contributed by atoms with Gasteiger partial charge in [-0.15, -0.1) is 0 Å². The van der Waals surface area contributed by atoms with Crippen molar-refractivity contribution in [1.82, 2.24) is 4.90 Å². The first-order valence-electron chi connectivity index (χ1n) is 9.42. The molecule has 1 amide bonds. The Balaban J connectivity index is 1.52. The summed E-state index contributed by atoms with van der Waals surface area (Å²) in [7, 11) is 1.69. The number of thiocarbonyl (C=S) groups is 1. The Kier molecular flexibility index (Phi) is 6.65. The first kappa shape index (κ1) is 21.4. The second-order valence-electron chi connectivity index (χ2n) is 7.78.